The highest BCUT2D eigenvalue weighted by Crippen LogP contribution is 2.02. The molecule has 0 atom stereocenters. The standard InChI is InChI=1S/C12H15NO5/c1-9(2)12(16)18-8-7-17-6-5-13-10(14)3-4-11(13)15/h3-4H,1,5-8H2,2H3. The minimum absolute atomic E-state index is 0.117. The third kappa shape index (κ3) is 4.14. The summed E-state index contributed by atoms with van der Waals surface area (Å²) in [6.45, 7) is 5.72. The van der Waals surface area contributed by atoms with Gasteiger partial charge in [-0.3, -0.25) is 14.5 Å². The van der Waals surface area contributed by atoms with Gasteiger partial charge in [0.1, 0.15) is 6.61 Å². The molecule has 0 N–H and O–H groups in total. The maximum atomic E-state index is 11.2. The van der Waals surface area contributed by atoms with Crippen molar-refractivity contribution < 1.29 is 23.9 Å². The van der Waals surface area contributed by atoms with Crippen LogP contribution in [0.3, 0.4) is 0 Å². The average molecular weight is 253 g/mol. The van der Waals surface area contributed by atoms with Crippen molar-refractivity contribution in [3.05, 3.63) is 24.3 Å². The van der Waals surface area contributed by atoms with Gasteiger partial charge in [-0.1, -0.05) is 6.58 Å². The summed E-state index contributed by atoms with van der Waals surface area (Å²) in [5, 5.41) is 0. The van der Waals surface area contributed by atoms with Crippen LogP contribution in [-0.4, -0.2) is 49.0 Å². The van der Waals surface area contributed by atoms with Gasteiger partial charge >= 0.3 is 5.97 Å². The predicted molar refractivity (Wildman–Crippen MR) is 62.5 cm³/mol. The first-order chi connectivity index (χ1) is 8.52. The predicted octanol–water partition coefficient (Wildman–Crippen LogP) is 0.0473. The Morgan fingerprint density at radius 1 is 1.22 bits per heavy atom. The van der Waals surface area contributed by atoms with Crippen molar-refractivity contribution in [2.45, 2.75) is 6.92 Å². The van der Waals surface area contributed by atoms with Crippen LogP contribution in [-0.2, 0) is 23.9 Å². The number of amides is 2. The summed E-state index contributed by atoms with van der Waals surface area (Å²) in [6, 6.07) is 0. The van der Waals surface area contributed by atoms with Gasteiger partial charge in [-0.15, -0.1) is 0 Å². The largest absolute Gasteiger partial charge is 0.460 e. The number of carbonyl (C=O) groups excluding carboxylic acids is 3. The molecule has 98 valence electrons. The number of carbonyl (C=O) groups is 3. The maximum absolute atomic E-state index is 11.2. The number of rotatable bonds is 7. The molecule has 18 heavy (non-hydrogen) atoms. The van der Waals surface area contributed by atoms with Crippen LogP contribution in [0.5, 0.6) is 0 Å². The molecule has 6 nitrogen and oxygen atoms in total. The molecule has 0 aromatic carbocycles. The highest BCUT2D eigenvalue weighted by Gasteiger charge is 2.22. The Bertz CT molecular complexity index is 381. The molecule has 0 radical (unpaired) electrons. The zero-order valence-corrected chi connectivity index (χ0v) is 10.2. The molecule has 0 saturated heterocycles. The fourth-order valence-electron chi connectivity index (χ4n) is 1.23. The SMILES string of the molecule is C=C(C)C(=O)OCCOCCN1C(=O)C=CC1=O. The van der Waals surface area contributed by atoms with Crippen molar-refractivity contribution in [1.29, 1.82) is 0 Å². The van der Waals surface area contributed by atoms with E-state index in [1.165, 1.54) is 12.2 Å². The van der Waals surface area contributed by atoms with Crippen LogP contribution in [0.1, 0.15) is 6.92 Å². The van der Waals surface area contributed by atoms with Gasteiger partial charge in [-0.2, -0.15) is 0 Å². The van der Waals surface area contributed by atoms with Gasteiger partial charge in [0.05, 0.1) is 19.8 Å². The highest BCUT2D eigenvalue weighted by molar-refractivity contribution is 6.12. The second-order valence-electron chi connectivity index (χ2n) is 3.69. The lowest BCUT2D eigenvalue weighted by molar-refractivity contribution is -0.140. The first kappa shape index (κ1) is 14.1. The molecule has 0 spiro atoms. The van der Waals surface area contributed by atoms with Gasteiger partial charge in [0.2, 0.25) is 0 Å². The molecular formula is C12H15NO5. The molecule has 0 aromatic rings. The summed E-state index contributed by atoms with van der Waals surface area (Å²) >= 11 is 0. The fraction of sp³-hybridized carbons (Fsp3) is 0.417. The Hall–Kier alpha value is -1.95. The number of hydrogen-bond acceptors (Lipinski definition) is 5. The van der Waals surface area contributed by atoms with Crippen LogP contribution in [0.4, 0.5) is 0 Å². The van der Waals surface area contributed by atoms with Crippen LogP contribution < -0.4 is 0 Å². The van der Waals surface area contributed by atoms with E-state index in [9.17, 15) is 14.4 Å². The van der Waals surface area contributed by atoms with E-state index < -0.39 is 5.97 Å². The monoisotopic (exact) mass is 253 g/mol. The molecule has 0 aromatic heterocycles. The number of hydrogen-bond donors (Lipinski definition) is 0. The summed E-state index contributed by atoms with van der Waals surface area (Å²) in [6.07, 6.45) is 2.44. The molecule has 0 saturated carbocycles. The van der Waals surface area contributed by atoms with Crippen molar-refractivity contribution in [2.24, 2.45) is 0 Å². The molecule has 0 aliphatic carbocycles. The molecule has 1 heterocycles. The Morgan fingerprint density at radius 2 is 1.83 bits per heavy atom. The molecule has 6 heteroatoms. The van der Waals surface area contributed by atoms with Crippen molar-refractivity contribution >= 4 is 17.8 Å². The zero-order valence-electron chi connectivity index (χ0n) is 10.2. The molecule has 1 rings (SSSR count). The van der Waals surface area contributed by atoms with E-state index in [0.717, 1.165) is 4.90 Å². The van der Waals surface area contributed by atoms with E-state index in [1.807, 2.05) is 0 Å². The van der Waals surface area contributed by atoms with Crippen LogP contribution in [0.15, 0.2) is 24.3 Å². The highest BCUT2D eigenvalue weighted by atomic mass is 16.6. The molecule has 0 bridgehead atoms. The quantitative estimate of drug-likeness (QED) is 0.277. The van der Waals surface area contributed by atoms with Crippen LogP contribution in [0.25, 0.3) is 0 Å². The van der Waals surface area contributed by atoms with Gasteiger partial charge in [-0.05, 0) is 6.92 Å². The zero-order chi connectivity index (χ0) is 13.5. The van der Waals surface area contributed by atoms with Crippen LogP contribution in [0.2, 0.25) is 0 Å². The molecule has 0 unspecified atom stereocenters. The smallest absolute Gasteiger partial charge is 0.333 e. The third-order valence-corrected chi connectivity index (χ3v) is 2.17. The number of imide groups is 1. The van der Waals surface area contributed by atoms with E-state index >= 15 is 0 Å². The van der Waals surface area contributed by atoms with E-state index in [-0.39, 0.29) is 38.2 Å². The lowest BCUT2D eigenvalue weighted by atomic mass is 10.4. The topological polar surface area (TPSA) is 72.9 Å². The number of nitrogens with zero attached hydrogens (tertiary/aromatic N) is 1. The lowest BCUT2D eigenvalue weighted by Gasteiger charge is -2.13. The van der Waals surface area contributed by atoms with E-state index in [2.05, 4.69) is 6.58 Å². The first-order valence-electron chi connectivity index (χ1n) is 5.46. The summed E-state index contributed by atoms with van der Waals surface area (Å²) < 4.78 is 9.94. The molecule has 1 aliphatic rings. The second kappa shape index (κ2) is 6.70. The normalized spacial score (nSPS) is 14.2. The Kier molecular flexibility index (Phi) is 5.26. The Balaban J connectivity index is 2.06. The molecule has 1 aliphatic heterocycles. The number of ether oxygens (including phenoxy) is 2. The van der Waals surface area contributed by atoms with Crippen LogP contribution >= 0.6 is 0 Å². The lowest BCUT2D eigenvalue weighted by Crippen LogP contribution is -2.33. The van der Waals surface area contributed by atoms with Gasteiger partial charge < -0.3 is 9.47 Å². The average Bonchev–Trinajstić information content (AvgIpc) is 2.64. The molecule has 0 fully saturated rings. The summed E-state index contributed by atoms with van der Waals surface area (Å²) in [5.41, 5.74) is 0.328. The van der Waals surface area contributed by atoms with Gasteiger partial charge in [0.25, 0.3) is 11.8 Å². The van der Waals surface area contributed by atoms with Crippen molar-refractivity contribution in [3.63, 3.8) is 0 Å². The van der Waals surface area contributed by atoms with Gasteiger partial charge in [0.15, 0.2) is 0 Å². The second-order valence-corrected chi connectivity index (χ2v) is 3.69. The summed E-state index contributed by atoms with van der Waals surface area (Å²) in [5.74, 6) is -1.14. The summed E-state index contributed by atoms with van der Waals surface area (Å²) in [7, 11) is 0. The third-order valence-electron chi connectivity index (χ3n) is 2.17. The van der Waals surface area contributed by atoms with Crippen molar-refractivity contribution in [2.75, 3.05) is 26.4 Å². The number of esters is 1. The van der Waals surface area contributed by atoms with Crippen molar-refractivity contribution in [1.82, 2.24) is 4.90 Å². The van der Waals surface area contributed by atoms with Gasteiger partial charge in [0, 0.05) is 17.7 Å². The Morgan fingerprint density at radius 3 is 2.39 bits per heavy atom. The van der Waals surface area contributed by atoms with E-state index in [0.29, 0.717) is 5.57 Å². The fourth-order valence-corrected chi connectivity index (χ4v) is 1.23. The summed E-state index contributed by atoms with van der Waals surface area (Å²) in [4.78, 5) is 34.4. The Labute approximate surface area is 105 Å². The maximum Gasteiger partial charge on any atom is 0.333 e. The van der Waals surface area contributed by atoms with E-state index in [1.54, 1.807) is 6.92 Å². The van der Waals surface area contributed by atoms with Gasteiger partial charge in [-0.25, -0.2) is 4.79 Å². The molecular weight excluding hydrogens is 238 g/mol. The minimum atomic E-state index is -0.465. The minimum Gasteiger partial charge on any atom is -0.460 e. The molecule has 2 amide bonds. The van der Waals surface area contributed by atoms with E-state index in [4.69, 9.17) is 9.47 Å². The van der Waals surface area contributed by atoms with Crippen LogP contribution in [0, 0.1) is 0 Å². The first-order valence-corrected chi connectivity index (χ1v) is 5.46. The van der Waals surface area contributed by atoms with Crippen molar-refractivity contribution in [3.8, 4) is 0 Å².